The Hall–Kier alpha value is -13.3. The summed E-state index contributed by atoms with van der Waals surface area (Å²) in [4.78, 5) is 9.33. The van der Waals surface area contributed by atoms with Crippen molar-refractivity contribution in [3.63, 3.8) is 0 Å². The van der Waals surface area contributed by atoms with Crippen LogP contribution >= 0.6 is 0 Å². The van der Waals surface area contributed by atoms with Gasteiger partial charge in [0.1, 0.15) is 0 Å². The van der Waals surface area contributed by atoms with E-state index in [9.17, 15) is 0 Å². The van der Waals surface area contributed by atoms with Crippen molar-refractivity contribution in [1.82, 2.24) is 0 Å². The van der Waals surface area contributed by atoms with E-state index in [1.807, 2.05) is 0 Å². The lowest BCUT2D eigenvalue weighted by atomic mass is 9.69. The van der Waals surface area contributed by atoms with Gasteiger partial charge < -0.3 is 19.6 Å². The van der Waals surface area contributed by atoms with Crippen LogP contribution in [0, 0.1) is 0 Å². The van der Waals surface area contributed by atoms with Crippen LogP contribution in [0.2, 0.25) is 0 Å². The molecule has 0 heterocycles. The van der Waals surface area contributed by atoms with Gasteiger partial charge in [0.15, 0.2) is 0 Å². The molecule has 0 bridgehead atoms. The van der Waals surface area contributed by atoms with E-state index in [2.05, 4.69) is 432 Å². The molecule has 0 saturated heterocycles. The molecule has 0 unspecified atom stereocenters. The molecule has 2 aliphatic carbocycles. The van der Waals surface area contributed by atoms with Crippen molar-refractivity contribution < 1.29 is 0 Å². The van der Waals surface area contributed by atoms with E-state index in [0.717, 1.165) is 113 Å². The Bertz CT molecular complexity index is 4720. The highest BCUT2D eigenvalue weighted by atomic mass is 15.2. The van der Waals surface area contributed by atoms with Crippen LogP contribution in [0.4, 0.5) is 68.2 Å². The molecule has 0 aliphatic heterocycles. The summed E-state index contributed by atoms with van der Waals surface area (Å²) in [6, 6.07) is 151. The second-order valence-electron chi connectivity index (χ2n) is 26.0. The third-order valence-corrected chi connectivity index (χ3v) is 20.2. The summed E-state index contributed by atoms with van der Waals surface area (Å²) in [6.45, 7) is 0. The Kier molecular flexibility index (Phi) is 15.5. The summed E-state index contributed by atoms with van der Waals surface area (Å²) in [5.74, 6) is 0. The third-order valence-electron chi connectivity index (χ3n) is 20.2. The first-order valence-electron chi connectivity index (χ1n) is 34.7. The molecule has 0 N–H and O–H groups in total. The summed E-state index contributed by atoms with van der Waals surface area (Å²) >= 11 is 0. The van der Waals surface area contributed by atoms with Gasteiger partial charge in [0.25, 0.3) is 0 Å². The minimum absolute atomic E-state index is 0.767. The molecule has 2 aliphatic rings. The number of fused-ring (bicyclic) bond motifs is 10. The fourth-order valence-electron chi connectivity index (χ4n) is 15.6. The van der Waals surface area contributed by atoms with E-state index in [1.54, 1.807) is 0 Å². The van der Waals surface area contributed by atoms with Crippen molar-refractivity contribution in [1.29, 1.82) is 0 Å². The molecule has 101 heavy (non-hydrogen) atoms. The molecular formula is C97H68N4. The number of hydrogen-bond acceptors (Lipinski definition) is 4. The lowest BCUT2D eigenvalue weighted by Gasteiger charge is -2.32. The number of nitrogens with zero attached hydrogens (tertiary/aromatic N) is 4. The van der Waals surface area contributed by atoms with Gasteiger partial charge in [-0.15, -0.1) is 0 Å². The van der Waals surface area contributed by atoms with Crippen molar-refractivity contribution in [3.05, 3.63) is 435 Å². The Morgan fingerprint density at radius 1 is 0.129 bits per heavy atom. The van der Waals surface area contributed by atoms with Gasteiger partial charge in [0.2, 0.25) is 0 Å². The molecular weight excluding hydrogens is 1220 g/mol. The molecule has 476 valence electrons. The Balaban J connectivity index is 0.825. The number of benzene rings is 16. The Labute approximate surface area is 591 Å². The van der Waals surface area contributed by atoms with Crippen molar-refractivity contribution in [3.8, 4) is 66.8 Å². The van der Waals surface area contributed by atoms with Gasteiger partial charge in [0.05, 0.1) is 5.41 Å². The van der Waals surface area contributed by atoms with E-state index >= 15 is 0 Å². The first-order valence-corrected chi connectivity index (χ1v) is 34.7. The predicted octanol–water partition coefficient (Wildman–Crippen LogP) is 26.6. The average molecular weight is 1290 g/mol. The first kappa shape index (κ1) is 60.2. The highest BCUT2D eigenvalue weighted by Gasteiger charge is 2.52. The zero-order valence-electron chi connectivity index (χ0n) is 55.5. The largest absolute Gasteiger partial charge is 0.311 e. The van der Waals surface area contributed by atoms with Crippen LogP contribution < -0.4 is 19.6 Å². The fraction of sp³-hybridized carbons (Fsp3) is 0.0103. The van der Waals surface area contributed by atoms with Gasteiger partial charge in [-0.2, -0.15) is 0 Å². The van der Waals surface area contributed by atoms with Gasteiger partial charge in [-0.3, -0.25) is 0 Å². The number of anilines is 12. The molecule has 0 amide bonds. The van der Waals surface area contributed by atoms with Crippen molar-refractivity contribution in [2.24, 2.45) is 0 Å². The highest BCUT2D eigenvalue weighted by Crippen LogP contribution is 2.65. The maximum absolute atomic E-state index is 2.53. The lowest BCUT2D eigenvalue weighted by molar-refractivity contribution is 0.795. The van der Waals surface area contributed by atoms with Crippen molar-refractivity contribution in [2.75, 3.05) is 19.6 Å². The van der Waals surface area contributed by atoms with E-state index < -0.39 is 5.41 Å². The van der Waals surface area contributed by atoms with Crippen LogP contribution in [-0.4, -0.2) is 0 Å². The molecule has 0 fully saturated rings. The zero-order valence-corrected chi connectivity index (χ0v) is 55.5. The predicted molar refractivity (Wildman–Crippen MR) is 423 cm³/mol. The van der Waals surface area contributed by atoms with E-state index in [0.29, 0.717) is 0 Å². The molecule has 4 heteroatoms. The lowest BCUT2D eigenvalue weighted by Crippen LogP contribution is -2.26. The van der Waals surface area contributed by atoms with Crippen LogP contribution in [0.3, 0.4) is 0 Å². The summed E-state index contributed by atoms with van der Waals surface area (Å²) in [6.07, 6.45) is 0. The Morgan fingerprint density at radius 3 is 0.426 bits per heavy atom. The number of hydrogen-bond donors (Lipinski definition) is 0. The molecule has 0 saturated carbocycles. The standard InChI is InChI=1S/C97H68N4/c1-9-25-77(26-10-1)98(78-27-11-2-12-28-78)85-53-41-69(42-54-85)73-49-61-89-90-62-50-74(70-43-55-86(56-44-70)99(79-29-13-3-14-30-79)80-31-15-4-16-32-80)66-94(90)97(93(89)65-73)95-67-75(71-45-57-87(58-46-71)100(81-33-17-5-18-34-81)82-35-19-6-20-36-82)51-63-91(95)92-64-52-76(68-96(92)97)72-47-59-88(60-48-72)101(83-37-21-7-22-38-83)84-39-23-8-24-40-84/h1-68H. The maximum Gasteiger partial charge on any atom is 0.0726 e. The number of rotatable bonds is 16. The molecule has 0 aromatic heterocycles. The monoisotopic (exact) mass is 1290 g/mol. The Morgan fingerprint density at radius 2 is 0.267 bits per heavy atom. The van der Waals surface area contributed by atoms with Crippen molar-refractivity contribution >= 4 is 68.2 Å². The normalized spacial score (nSPS) is 12.0. The van der Waals surface area contributed by atoms with Gasteiger partial charge in [-0.25, -0.2) is 0 Å². The summed E-state index contributed by atoms with van der Waals surface area (Å²) < 4.78 is 0. The fourth-order valence-corrected chi connectivity index (χ4v) is 15.6. The topological polar surface area (TPSA) is 13.0 Å². The summed E-state index contributed by atoms with van der Waals surface area (Å²) in [5.41, 5.74) is 31.6. The van der Waals surface area contributed by atoms with Crippen LogP contribution in [0.15, 0.2) is 413 Å². The van der Waals surface area contributed by atoms with Gasteiger partial charge in [-0.05, 0) is 259 Å². The molecule has 16 aromatic carbocycles. The minimum atomic E-state index is -0.767. The zero-order chi connectivity index (χ0) is 67.1. The molecule has 16 aromatic rings. The SMILES string of the molecule is c1ccc(N(c2ccccc2)c2ccc(-c3ccc4c(c3)C3(c5cc(-c6ccc(N(c7ccccc7)c7ccccc7)cc6)ccc5-4)c4cc(-c5ccc(N(c6ccccc6)c6ccccc6)cc5)ccc4-c4ccc(-c5ccc(N(c6ccccc6)c6ccccc6)cc5)cc43)cc2)cc1. The third kappa shape index (κ3) is 10.9. The maximum atomic E-state index is 2.53. The second-order valence-corrected chi connectivity index (χ2v) is 26.0. The minimum Gasteiger partial charge on any atom is -0.311 e. The molecule has 0 radical (unpaired) electrons. The highest BCUT2D eigenvalue weighted by molar-refractivity contribution is 5.99. The van der Waals surface area contributed by atoms with Crippen LogP contribution in [0.1, 0.15) is 22.3 Å². The molecule has 18 rings (SSSR count). The average Bonchev–Trinajstić information content (AvgIpc) is 1.50. The van der Waals surface area contributed by atoms with Gasteiger partial charge in [0, 0.05) is 68.2 Å². The van der Waals surface area contributed by atoms with E-state index in [1.165, 1.54) is 44.5 Å². The van der Waals surface area contributed by atoms with E-state index in [4.69, 9.17) is 0 Å². The smallest absolute Gasteiger partial charge is 0.0726 e. The number of para-hydroxylation sites is 8. The van der Waals surface area contributed by atoms with Gasteiger partial charge >= 0.3 is 0 Å². The summed E-state index contributed by atoms with van der Waals surface area (Å²) in [5, 5.41) is 0. The molecule has 0 atom stereocenters. The molecule has 4 nitrogen and oxygen atoms in total. The van der Waals surface area contributed by atoms with Crippen LogP contribution in [0.25, 0.3) is 66.8 Å². The quantitative estimate of drug-likeness (QED) is 0.0956. The first-order chi connectivity index (χ1) is 50.1. The second kappa shape index (κ2) is 25.9. The molecule has 1 spiro atoms. The van der Waals surface area contributed by atoms with Crippen LogP contribution in [0.5, 0.6) is 0 Å². The van der Waals surface area contributed by atoms with Crippen LogP contribution in [-0.2, 0) is 5.41 Å². The van der Waals surface area contributed by atoms with Crippen molar-refractivity contribution in [2.45, 2.75) is 5.41 Å². The summed E-state index contributed by atoms with van der Waals surface area (Å²) in [7, 11) is 0. The van der Waals surface area contributed by atoms with Gasteiger partial charge in [-0.1, -0.05) is 243 Å². The van der Waals surface area contributed by atoms with E-state index in [-0.39, 0.29) is 0 Å².